The first-order chi connectivity index (χ1) is 7.79. The normalized spacial score (nSPS) is 10.4. The Morgan fingerprint density at radius 2 is 2.19 bits per heavy atom. The highest BCUT2D eigenvalue weighted by Gasteiger charge is 2.03. The Kier molecular flexibility index (Phi) is 3.44. The molecule has 0 saturated carbocycles. The van der Waals surface area contributed by atoms with E-state index in [2.05, 4.69) is 9.97 Å². The molecule has 2 rings (SSSR count). The Hall–Kier alpha value is -1.52. The lowest BCUT2D eigenvalue weighted by Crippen LogP contribution is -2.00. The molecule has 0 aliphatic rings. The largest absolute Gasteiger partial charge is 0.484 e. The van der Waals surface area contributed by atoms with Gasteiger partial charge in [0.15, 0.2) is 0 Å². The summed E-state index contributed by atoms with van der Waals surface area (Å²) >= 11 is 5.95. The second kappa shape index (κ2) is 5.01. The van der Waals surface area contributed by atoms with E-state index in [-0.39, 0.29) is 0 Å². The summed E-state index contributed by atoms with van der Waals surface area (Å²) < 4.78 is 5.51. The second-order valence-corrected chi connectivity index (χ2v) is 3.69. The maximum atomic E-state index is 5.95. The van der Waals surface area contributed by atoms with Gasteiger partial charge in [-0.1, -0.05) is 23.7 Å². The van der Waals surface area contributed by atoms with Crippen LogP contribution in [0.5, 0.6) is 5.75 Å². The highest BCUT2D eigenvalue weighted by molar-refractivity contribution is 6.32. The fraction of sp³-hybridized carbons (Fsp3) is 0.182. The molecule has 0 aliphatic carbocycles. The minimum Gasteiger partial charge on any atom is -0.484 e. The lowest BCUT2D eigenvalue weighted by atomic mass is 10.3. The molecule has 3 N–H and O–H groups in total. The molecule has 2 aromatic rings. The van der Waals surface area contributed by atoms with Crippen LogP contribution in [0, 0.1) is 0 Å². The van der Waals surface area contributed by atoms with Gasteiger partial charge < -0.3 is 15.5 Å². The molecule has 5 heteroatoms. The van der Waals surface area contributed by atoms with Crippen LogP contribution in [0.1, 0.15) is 11.5 Å². The molecule has 1 aromatic carbocycles. The van der Waals surface area contributed by atoms with Gasteiger partial charge in [0, 0.05) is 18.4 Å². The van der Waals surface area contributed by atoms with Crippen molar-refractivity contribution in [2.75, 3.05) is 0 Å². The molecule has 0 unspecified atom stereocenters. The minimum atomic E-state index is 0.351. The zero-order valence-electron chi connectivity index (χ0n) is 8.61. The lowest BCUT2D eigenvalue weighted by molar-refractivity contribution is 0.297. The van der Waals surface area contributed by atoms with Crippen molar-refractivity contribution in [2.24, 2.45) is 5.73 Å². The lowest BCUT2D eigenvalue weighted by Gasteiger charge is -2.05. The van der Waals surface area contributed by atoms with Gasteiger partial charge in [0.05, 0.1) is 5.02 Å². The zero-order valence-corrected chi connectivity index (χ0v) is 9.37. The number of imidazole rings is 1. The van der Waals surface area contributed by atoms with Gasteiger partial charge in [-0.3, -0.25) is 0 Å². The van der Waals surface area contributed by atoms with E-state index in [0.29, 0.717) is 23.9 Å². The number of aromatic nitrogens is 2. The number of benzene rings is 1. The fourth-order valence-corrected chi connectivity index (χ4v) is 1.48. The maximum Gasteiger partial charge on any atom is 0.146 e. The van der Waals surface area contributed by atoms with Crippen molar-refractivity contribution in [3.8, 4) is 5.75 Å². The Bertz CT molecular complexity index is 470. The Morgan fingerprint density at radius 3 is 2.88 bits per heavy atom. The summed E-state index contributed by atoms with van der Waals surface area (Å²) in [5.74, 6) is 1.38. The van der Waals surface area contributed by atoms with Crippen LogP contribution in [0.2, 0.25) is 5.02 Å². The number of hydrogen-bond acceptors (Lipinski definition) is 3. The van der Waals surface area contributed by atoms with Gasteiger partial charge in [0.1, 0.15) is 18.2 Å². The molecule has 0 amide bonds. The monoisotopic (exact) mass is 237 g/mol. The summed E-state index contributed by atoms with van der Waals surface area (Å²) in [6, 6.07) is 7.32. The molecule has 84 valence electrons. The van der Waals surface area contributed by atoms with Gasteiger partial charge in [-0.15, -0.1) is 0 Å². The average molecular weight is 238 g/mol. The number of H-pyrrole nitrogens is 1. The molecule has 1 heterocycles. The number of hydrogen-bond donors (Lipinski definition) is 2. The first-order valence-corrected chi connectivity index (χ1v) is 5.27. The number of nitrogens with two attached hydrogens (primary N) is 1. The SMILES string of the molecule is NCc1cnc(COc2ccccc2Cl)[nH]1. The van der Waals surface area contributed by atoms with Crippen LogP contribution in [-0.4, -0.2) is 9.97 Å². The van der Waals surface area contributed by atoms with Crippen molar-refractivity contribution in [1.82, 2.24) is 9.97 Å². The highest BCUT2D eigenvalue weighted by Crippen LogP contribution is 2.23. The predicted octanol–water partition coefficient (Wildman–Crippen LogP) is 2.10. The number of rotatable bonds is 4. The van der Waals surface area contributed by atoms with Crippen molar-refractivity contribution in [1.29, 1.82) is 0 Å². The standard InChI is InChI=1S/C11H12ClN3O/c12-9-3-1-2-4-10(9)16-7-11-14-6-8(5-13)15-11/h1-4,6H,5,7,13H2,(H,14,15). The molecule has 0 aliphatic heterocycles. The first kappa shape index (κ1) is 11.0. The Balaban J connectivity index is 1.99. The van der Waals surface area contributed by atoms with E-state index < -0.39 is 0 Å². The molecule has 0 atom stereocenters. The second-order valence-electron chi connectivity index (χ2n) is 3.28. The Morgan fingerprint density at radius 1 is 1.38 bits per heavy atom. The zero-order chi connectivity index (χ0) is 11.4. The highest BCUT2D eigenvalue weighted by atomic mass is 35.5. The van der Waals surface area contributed by atoms with Crippen LogP contribution in [-0.2, 0) is 13.2 Å². The van der Waals surface area contributed by atoms with Gasteiger partial charge in [-0.2, -0.15) is 0 Å². The molecule has 0 spiro atoms. The van der Waals surface area contributed by atoms with Crippen molar-refractivity contribution in [3.63, 3.8) is 0 Å². The molecule has 16 heavy (non-hydrogen) atoms. The van der Waals surface area contributed by atoms with Crippen LogP contribution in [0.4, 0.5) is 0 Å². The van der Waals surface area contributed by atoms with Crippen LogP contribution < -0.4 is 10.5 Å². The molecule has 0 bridgehead atoms. The number of halogens is 1. The smallest absolute Gasteiger partial charge is 0.146 e. The molecule has 1 aromatic heterocycles. The van der Waals surface area contributed by atoms with Crippen LogP contribution in [0.3, 0.4) is 0 Å². The van der Waals surface area contributed by atoms with Crippen LogP contribution >= 0.6 is 11.6 Å². The van der Waals surface area contributed by atoms with Crippen LogP contribution in [0.15, 0.2) is 30.5 Å². The first-order valence-electron chi connectivity index (χ1n) is 4.89. The molecular formula is C11H12ClN3O. The maximum absolute atomic E-state index is 5.95. The summed E-state index contributed by atoms with van der Waals surface area (Å²) in [6.45, 7) is 0.794. The van der Waals surface area contributed by atoms with E-state index in [9.17, 15) is 0 Å². The number of ether oxygens (including phenoxy) is 1. The van der Waals surface area contributed by atoms with E-state index in [0.717, 1.165) is 11.5 Å². The minimum absolute atomic E-state index is 0.351. The number of nitrogens with one attached hydrogen (secondary N) is 1. The van der Waals surface area contributed by atoms with E-state index in [1.807, 2.05) is 18.2 Å². The molecule has 0 saturated heterocycles. The molecule has 4 nitrogen and oxygen atoms in total. The van der Waals surface area contributed by atoms with E-state index in [4.69, 9.17) is 22.1 Å². The number of aromatic amines is 1. The molecular weight excluding hydrogens is 226 g/mol. The van der Waals surface area contributed by atoms with Crippen molar-refractivity contribution in [3.05, 3.63) is 47.0 Å². The number of para-hydroxylation sites is 1. The van der Waals surface area contributed by atoms with Crippen LogP contribution in [0.25, 0.3) is 0 Å². The average Bonchev–Trinajstić information content (AvgIpc) is 2.76. The summed E-state index contributed by atoms with van der Waals surface area (Å²) in [4.78, 5) is 7.18. The summed E-state index contributed by atoms with van der Waals surface area (Å²) in [6.07, 6.45) is 1.70. The molecule has 0 fully saturated rings. The molecule has 0 radical (unpaired) electrons. The van der Waals surface area contributed by atoms with E-state index in [1.165, 1.54) is 0 Å². The van der Waals surface area contributed by atoms with E-state index >= 15 is 0 Å². The summed E-state index contributed by atoms with van der Waals surface area (Å²) in [5.41, 5.74) is 6.35. The van der Waals surface area contributed by atoms with Gasteiger partial charge in [0.2, 0.25) is 0 Å². The van der Waals surface area contributed by atoms with Gasteiger partial charge in [-0.25, -0.2) is 4.98 Å². The number of nitrogens with zero attached hydrogens (tertiary/aromatic N) is 1. The predicted molar refractivity (Wildman–Crippen MR) is 62.3 cm³/mol. The van der Waals surface area contributed by atoms with Gasteiger partial charge in [0.25, 0.3) is 0 Å². The van der Waals surface area contributed by atoms with E-state index in [1.54, 1.807) is 12.3 Å². The van der Waals surface area contributed by atoms with Crippen molar-refractivity contribution < 1.29 is 4.74 Å². The van der Waals surface area contributed by atoms with Crippen molar-refractivity contribution >= 4 is 11.6 Å². The Labute approximate surface area is 98.4 Å². The third-order valence-electron chi connectivity index (χ3n) is 2.10. The summed E-state index contributed by atoms with van der Waals surface area (Å²) in [5, 5.41) is 0.591. The topological polar surface area (TPSA) is 63.9 Å². The van der Waals surface area contributed by atoms with Gasteiger partial charge >= 0.3 is 0 Å². The third-order valence-corrected chi connectivity index (χ3v) is 2.41. The van der Waals surface area contributed by atoms with Gasteiger partial charge in [-0.05, 0) is 12.1 Å². The van der Waals surface area contributed by atoms with Crippen molar-refractivity contribution in [2.45, 2.75) is 13.2 Å². The quantitative estimate of drug-likeness (QED) is 0.856. The fourth-order valence-electron chi connectivity index (χ4n) is 1.29. The summed E-state index contributed by atoms with van der Waals surface area (Å²) in [7, 11) is 0. The third kappa shape index (κ3) is 2.53.